The number of aromatic nitrogens is 1. The minimum Gasteiger partial charge on any atom is -0.481 e. The third-order valence-corrected chi connectivity index (χ3v) is 12.3. The zero-order valence-corrected chi connectivity index (χ0v) is 31.9. The number of thiazole rings is 1. The number of hydrogen-bond donors (Lipinski definition) is 4. The van der Waals surface area contributed by atoms with E-state index in [1.165, 1.54) is 4.90 Å². The maximum absolute atomic E-state index is 14.9. The van der Waals surface area contributed by atoms with Crippen LogP contribution in [0, 0.1) is 6.92 Å². The first-order valence-corrected chi connectivity index (χ1v) is 20.3. The van der Waals surface area contributed by atoms with Gasteiger partial charge in [0, 0.05) is 30.7 Å². The molecule has 13 heteroatoms. The largest absolute Gasteiger partial charge is 0.481 e. The Morgan fingerprint density at radius 2 is 1.63 bits per heavy atom. The van der Waals surface area contributed by atoms with Crippen LogP contribution < -0.4 is 10.6 Å². The molecule has 1 saturated carbocycles. The van der Waals surface area contributed by atoms with Crippen molar-refractivity contribution in [2.45, 2.75) is 146 Å². The highest BCUT2D eigenvalue weighted by Gasteiger charge is 2.54. The van der Waals surface area contributed by atoms with E-state index in [2.05, 4.69) is 15.6 Å². The summed E-state index contributed by atoms with van der Waals surface area (Å²) in [6.07, 6.45) is 10.1. The lowest BCUT2D eigenvalue weighted by molar-refractivity contribution is -0.143. The Kier molecular flexibility index (Phi) is 15.3. The molecule has 1 unspecified atom stereocenters. The van der Waals surface area contributed by atoms with Crippen LogP contribution in [0.5, 0.6) is 0 Å². The summed E-state index contributed by atoms with van der Waals surface area (Å²) in [6.45, 7) is 5.90. The third-order valence-electron chi connectivity index (χ3n) is 9.87. The van der Waals surface area contributed by atoms with E-state index in [0.717, 1.165) is 91.7 Å². The van der Waals surface area contributed by atoms with Crippen molar-refractivity contribution < 1.29 is 33.8 Å². The van der Waals surface area contributed by atoms with E-state index in [9.17, 15) is 28.7 Å². The average molecular weight is 747 g/mol. The summed E-state index contributed by atoms with van der Waals surface area (Å²) in [6, 6.07) is 5.84. The van der Waals surface area contributed by atoms with Gasteiger partial charge in [0.2, 0.25) is 11.8 Å². The van der Waals surface area contributed by atoms with Gasteiger partial charge >= 0.3 is 5.97 Å². The molecule has 0 radical (unpaired) electrons. The summed E-state index contributed by atoms with van der Waals surface area (Å²) in [5, 5.41) is 25.0. The standard InChI is InChI=1S/C38H55FN4O6S2/c1-26-32(50-25-41-26)28-17-15-27(16-18-28)23-40-34(47)30-22-29(44)24-43(30)35(48)33(42-36(49)38(39)19-20-38)37(2,3)51-21-13-11-9-7-5-4-6-8-10-12-14-31(45)46/h15-18,25,29-30,33,44H,4-14,19-24H2,1-3H3,(H,40,47)(H,42,49)(H,45,46)/t29-,30+,33?/m1/s1. The second kappa shape index (κ2) is 19.2. The van der Waals surface area contributed by atoms with Gasteiger partial charge in [-0.05, 0) is 63.3 Å². The van der Waals surface area contributed by atoms with Crippen LogP contribution >= 0.6 is 23.1 Å². The number of aliphatic carboxylic acids is 1. The number of unbranched alkanes of at least 4 members (excludes halogenated alkanes) is 9. The van der Waals surface area contributed by atoms with Crippen molar-refractivity contribution >= 4 is 46.8 Å². The molecule has 51 heavy (non-hydrogen) atoms. The highest BCUT2D eigenvalue weighted by atomic mass is 32.2. The highest BCUT2D eigenvalue weighted by Crippen LogP contribution is 2.41. The molecule has 1 aromatic carbocycles. The number of β-amino-alcohol motifs (C(OH)–C–C–N with tert-alkyl or cyclic N) is 1. The van der Waals surface area contributed by atoms with Gasteiger partial charge in [0.15, 0.2) is 5.67 Å². The molecule has 1 aromatic heterocycles. The quantitative estimate of drug-likeness (QED) is 0.0990. The number of nitrogens with zero attached hydrogens (tertiary/aromatic N) is 2. The number of thioether (sulfide) groups is 1. The van der Waals surface area contributed by atoms with Crippen molar-refractivity contribution in [3.8, 4) is 10.4 Å². The smallest absolute Gasteiger partial charge is 0.303 e. The monoisotopic (exact) mass is 746 g/mol. The fourth-order valence-corrected chi connectivity index (χ4v) is 8.49. The molecular weight excluding hydrogens is 692 g/mol. The number of carbonyl (C=O) groups excluding carboxylic acids is 3. The number of halogens is 1. The number of carbonyl (C=O) groups is 4. The molecular formula is C38H55FN4O6S2. The Morgan fingerprint density at radius 1 is 1.02 bits per heavy atom. The lowest BCUT2D eigenvalue weighted by Gasteiger charge is -2.37. The van der Waals surface area contributed by atoms with E-state index in [4.69, 9.17) is 5.11 Å². The van der Waals surface area contributed by atoms with Crippen LogP contribution in [-0.2, 0) is 25.7 Å². The molecule has 282 valence electrons. The number of alkyl halides is 1. The van der Waals surface area contributed by atoms with Crippen molar-refractivity contribution in [1.29, 1.82) is 0 Å². The van der Waals surface area contributed by atoms with Crippen LogP contribution in [0.2, 0.25) is 0 Å². The number of aryl methyl sites for hydroxylation is 1. The molecule has 2 heterocycles. The molecule has 4 N–H and O–H groups in total. The highest BCUT2D eigenvalue weighted by molar-refractivity contribution is 8.00. The molecule has 2 aromatic rings. The summed E-state index contributed by atoms with van der Waals surface area (Å²) < 4.78 is 14.1. The second-order valence-electron chi connectivity index (χ2n) is 14.6. The van der Waals surface area contributed by atoms with E-state index in [0.29, 0.717) is 0 Å². The number of aliphatic hydroxyl groups is 1. The predicted molar refractivity (Wildman–Crippen MR) is 200 cm³/mol. The van der Waals surface area contributed by atoms with Crippen molar-refractivity contribution in [1.82, 2.24) is 20.5 Å². The number of hydrogen-bond acceptors (Lipinski definition) is 8. The molecule has 0 spiro atoms. The normalized spacial score (nSPS) is 18.7. The number of carboxylic acid groups (broad SMARTS) is 1. The zero-order chi connectivity index (χ0) is 37.0. The van der Waals surface area contributed by atoms with Gasteiger partial charge in [-0.15, -0.1) is 11.3 Å². The molecule has 1 aliphatic carbocycles. The molecule has 3 amide bonds. The SMILES string of the molecule is Cc1ncsc1-c1ccc(CNC(=O)[C@@H]2C[C@@H](O)CN2C(=O)C(NC(=O)C2(F)CC2)C(C)(C)SCCCCCCCCCCCCC(=O)O)cc1. The molecule has 2 aliphatic rings. The summed E-state index contributed by atoms with van der Waals surface area (Å²) in [5.74, 6) is -1.65. The summed E-state index contributed by atoms with van der Waals surface area (Å²) in [4.78, 5) is 57.9. The van der Waals surface area contributed by atoms with Crippen molar-refractivity contribution in [3.63, 3.8) is 0 Å². The number of rotatable bonds is 22. The maximum atomic E-state index is 14.9. The summed E-state index contributed by atoms with van der Waals surface area (Å²) >= 11 is 3.12. The molecule has 1 aliphatic heterocycles. The van der Waals surface area contributed by atoms with E-state index in [1.54, 1.807) is 23.1 Å². The Bertz CT molecular complexity index is 1460. The van der Waals surface area contributed by atoms with Gasteiger partial charge in [-0.25, -0.2) is 9.37 Å². The van der Waals surface area contributed by atoms with Gasteiger partial charge in [0.25, 0.3) is 5.91 Å². The van der Waals surface area contributed by atoms with Crippen LogP contribution in [0.15, 0.2) is 29.8 Å². The van der Waals surface area contributed by atoms with Crippen LogP contribution in [0.3, 0.4) is 0 Å². The molecule has 1 saturated heterocycles. The minimum atomic E-state index is -1.96. The van der Waals surface area contributed by atoms with E-state index in [1.807, 2.05) is 50.5 Å². The van der Waals surface area contributed by atoms with E-state index >= 15 is 0 Å². The van der Waals surface area contributed by atoms with Crippen LogP contribution in [0.25, 0.3) is 10.4 Å². The first-order chi connectivity index (χ1) is 24.3. The molecule has 0 bridgehead atoms. The van der Waals surface area contributed by atoms with E-state index < -0.39 is 46.4 Å². The zero-order valence-electron chi connectivity index (χ0n) is 30.3. The van der Waals surface area contributed by atoms with Gasteiger partial charge < -0.3 is 25.7 Å². The minimum absolute atomic E-state index is 0.0456. The Hall–Kier alpha value is -3.03. The number of nitrogens with one attached hydrogen (secondary N) is 2. The number of likely N-dealkylation sites (tertiary alicyclic amines) is 1. The van der Waals surface area contributed by atoms with E-state index in [-0.39, 0.29) is 44.7 Å². The Balaban J connectivity index is 1.28. The van der Waals surface area contributed by atoms with Crippen molar-refractivity contribution in [3.05, 3.63) is 41.0 Å². The number of amides is 3. The van der Waals surface area contributed by atoms with Crippen molar-refractivity contribution in [2.75, 3.05) is 12.3 Å². The third kappa shape index (κ3) is 12.3. The fourth-order valence-electron chi connectivity index (χ4n) is 6.47. The van der Waals surface area contributed by atoms with Gasteiger partial charge in [-0.3, -0.25) is 19.2 Å². The first kappa shape index (κ1) is 40.7. The van der Waals surface area contributed by atoms with Crippen molar-refractivity contribution in [2.24, 2.45) is 0 Å². The number of aliphatic hydroxyl groups excluding tert-OH is 1. The van der Waals surface area contributed by atoms with Crippen LogP contribution in [-0.4, -0.2) is 84.7 Å². The summed E-state index contributed by atoms with van der Waals surface area (Å²) in [7, 11) is 0. The molecule has 2 fully saturated rings. The lowest BCUT2D eigenvalue weighted by Crippen LogP contribution is -2.61. The average Bonchev–Trinajstić information content (AvgIpc) is 3.50. The lowest BCUT2D eigenvalue weighted by atomic mass is 10.00. The number of carboxylic acids is 1. The maximum Gasteiger partial charge on any atom is 0.303 e. The van der Waals surface area contributed by atoms with Gasteiger partial charge in [0.1, 0.15) is 12.1 Å². The van der Waals surface area contributed by atoms with Crippen LogP contribution in [0.1, 0.15) is 115 Å². The second-order valence-corrected chi connectivity index (χ2v) is 17.2. The Morgan fingerprint density at radius 3 is 2.20 bits per heavy atom. The Labute approximate surface area is 309 Å². The fraction of sp³-hybridized carbons (Fsp3) is 0.658. The van der Waals surface area contributed by atoms with Crippen LogP contribution in [0.4, 0.5) is 4.39 Å². The molecule has 3 atom stereocenters. The van der Waals surface area contributed by atoms with Gasteiger partial charge in [-0.2, -0.15) is 11.8 Å². The van der Waals surface area contributed by atoms with Gasteiger partial charge in [-0.1, -0.05) is 75.6 Å². The first-order valence-electron chi connectivity index (χ1n) is 18.4. The van der Waals surface area contributed by atoms with Gasteiger partial charge in [0.05, 0.1) is 22.2 Å². The summed E-state index contributed by atoms with van der Waals surface area (Å²) in [5.41, 5.74) is 2.74. The number of benzene rings is 1. The predicted octanol–water partition coefficient (Wildman–Crippen LogP) is 6.57. The molecule has 10 nitrogen and oxygen atoms in total. The topological polar surface area (TPSA) is 149 Å². The molecule has 4 rings (SSSR count).